The Bertz CT molecular complexity index is 1130. The van der Waals surface area contributed by atoms with Crippen LogP contribution in [0, 0.1) is 0 Å². The number of fused-ring (bicyclic) bond motifs is 1. The molecule has 1 fully saturated rings. The van der Waals surface area contributed by atoms with Gasteiger partial charge in [-0.05, 0) is 31.9 Å². The van der Waals surface area contributed by atoms with Crippen LogP contribution in [0.2, 0.25) is 0 Å². The molecule has 1 aliphatic carbocycles. The van der Waals surface area contributed by atoms with Crippen molar-refractivity contribution in [1.82, 2.24) is 9.13 Å². The largest absolute Gasteiger partial charge is 0.448 e. The molecule has 1 atom stereocenters. The van der Waals surface area contributed by atoms with Crippen molar-refractivity contribution in [3.8, 4) is 11.5 Å². The lowest BCUT2D eigenvalue weighted by molar-refractivity contribution is -0.105. The zero-order valence-corrected chi connectivity index (χ0v) is 17.4. The first kappa shape index (κ1) is 20.1. The van der Waals surface area contributed by atoms with Gasteiger partial charge >= 0.3 is 5.69 Å². The quantitative estimate of drug-likeness (QED) is 0.732. The van der Waals surface area contributed by atoms with E-state index in [1.807, 2.05) is 6.07 Å². The lowest BCUT2D eigenvalue weighted by atomic mass is 9.94. The molecule has 0 amide bonds. The van der Waals surface area contributed by atoms with Crippen molar-refractivity contribution in [2.75, 3.05) is 11.1 Å². The number of rotatable bonds is 4. The maximum absolute atomic E-state index is 13.0. The number of aromatic nitrogens is 2. The number of nitrogens with one attached hydrogen (secondary N) is 1. The fourth-order valence-electron chi connectivity index (χ4n) is 4.10. The van der Waals surface area contributed by atoms with E-state index in [0.717, 1.165) is 34.8 Å². The number of hydrogen-bond donors (Lipinski definition) is 2. The van der Waals surface area contributed by atoms with E-state index in [2.05, 4.69) is 5.32 Å². The summed E-state index contributed by atoms with van der Waals surface area (Å²) in [5.41, 5.74) is 5.06. The van der Waals surface area contributed by atoms with Gasteiger partial charge in [-0.3, -0.25) is 18.7 Å². The molecule has 0 bridgehead atoms. The highest BCUT2D eigenvalue weighted by atomic mass is 16.7. The van der Waals surface area contributed by atoms with Crippen molar-refractivity contribution in [3.05, 3.63) is 44.6 Å². The van der Waals surface area contributed by atoms with Gasteiger partial charge in [-0.25, -0.2) is 4.79 Å². The molecule has 1 spiro atoms. The molecule has 0 unspecified atom stereocenters. The van der Waals surface area contributed by atoms with Crippen molar-refractivity contribution in [2.24, 2.45) is 14.1 Å². The van der Waals surface area contributed by atoms with Gasteiger partial charge in [-0.2, -0.15) is 0 Å². The molecule has 1 aromatic carbocycles. The standard InChI is InChI=1S/C21H26N4O5/c1-12(17(26)16-18(22)24(2)20(28)25(3)19(16)27)23-13-7-8-14-15(11-13)30-21(29-14)9-5-4-6-10-21/h7-8,11-12,23H,4-6,9-10,22H2,1-3H3/t12-/m0/s1. The van der Waals surface area contributed by atoms with Crippen LogP contribution in [0.3, 0.4) is 0 Å². The minimum Gasteiger partial charge on any atom is -0.448 e. The number of carbonyl (C=O) groups excluding carboxylic acids is 1. The van der Waals surface area contributed by atoms with Crippen molar-refractivity contribution < 1.29 is 14.3 Å². The van der Waals surface area contributed by atoms with E-state index in [0.29, 0.717) is 17.2 Å². The second kappa shape index (κ2) is 7.23. The predicted octanol–water partition coefficient (Wildman–Crippen LogP) is 1.78. The summed E-state index contributed by atoms with van der Waals surface area (Å²) in [5, 5.41) is 3.09. The Morgan fingerprint density at radius 1 is 1.10 bits per heavy atom. The van der Waals surface area contributed by atoms with Gasteiger partial charge in [0.25, 0.3) is 11.3 Å². The lowest BCUT2D eigenvalue weighted by Gasteiger charge is -2.31. The number of anilines is 2. The highest BCUT2D eigenvalue weighted by Crippen LogP contribution is 2.46. The van der Waals surface area contributed by atoms with Crippen molar-refractivity contribution >= 4 is 17.3 Å². The number of carbonyl (C=O) groups is 1. The Hall–Kier alpha value is -3.23. The van der Waals surface area contributed by atoms with E-state index in [9.17, 15) is 14.4 Å². The average Bonchev–Trinajstić information content (AvgIpc) is 3.07. The first-order valence-corrected chi connectivity index (χ1v) is 10.1. The highest BCUT2D eigenvalue weighted by Gasteiger charge is 2.42. The van der Waals surface area contributed by atoms with Crippen LogP contribution in [-0.2, 0) is 14.1 Å². The monoisotopic (exact) mass is 414 g/mol. The minimum atomic E-state index is -0.749. The molecule has 9 heteroatoms. The number of nitrogens with two attached hydrogens (primary N) is 1. The van der Waals surface area contributed by atoms with E-state index in [-0.39, 0.29) is 11.4 Å². The first-order valence-electron chi connectivity index (χ1n) is 10.1. The van der Waals surface area contributed by atoms with E-state index in [1.165, 1.54) is 20.5 Å². The third kappa shape index (κ3) is 3.24. The van der Waals surface area contributed by atoms with Crippen LogP contribution in [0.25, 0.3) is 0 Å². The molecule has 0 saturated heterocycles. The maximum atomic E-state index is 13.0. The molecule has 160 valence electrons. The Kier molecular flexibility index (Phi) is 4.83. The second-order valence-corrected chi connectivity index (χ2v) is 8.03. The van der Waals surface area contributed by atoms with Crippen molar-refractivity contribution in [3.63, 3.8) is 0 Å². The van der Waals surface area contributed by atoms with Gasteiger partial charge in [0, 0.05) is 38.7 Å². The van der Waals surface area contributed by atoms with Gasteiger partial charge in [0.05, 0.1) is 6.04 Å². The smallest absolute Gasteiger partial charge is 0.332 e. The molecule has 0 radical (unpaired) electrons. The molecule has 30 heavy (non-hydrogen) atoms. The van der Waals surface area contributed by atoms with Crippen LogP contribution in [-0.4, -0.2) is 26.7 Å². The minimum absolute atomic E-state index is 0.147. The molecule has 1 aromatic heterocycles. The first-order chi connectivity index (χ1) is 14.2. The van der Waals surface area contributed by atoms with Crippen LogP contribution in [0.15, 0.2) is 27.8 Å². The molecule has 1 saturated carbocycles. The van der Waals surface area contributed by atoms with Gasteiger partial charge in [-0.15, -0.1) is 0 Å². The average molecular weight is 414 g/mol. The van der Waals surface area contributed by atoms with Crippen LogP contribution >= 0.6 is 0 Å². The molecule has 2 aromatic rings. The van der Waals surface area contributed by atoms with Gasteiger partial charge in [0.15, 0.2) is 17.3 Å². The van der Waals surface area contributed by atoms with Crippen LogP contribution in [0.4, 0.5) is 11.5 Å². The molecule has 9 nitrogen and oxygen atoms in total. The Labute approximate surface area is 173 Å². The molecule has 2 heterocycles. The molecular formula is C21H26N4O5. The summed E-state index contributed by atoms with van der Waals surface area (Å²) in [4.78, 5) is 37.4. The fraction of sp³-hybridized carbons (Fsp3) is 0.476. The SMILES string of the molecule is C[C@H](Nc1ccc2c(c1)OC1(CCCCC1)O2)C(=O)c1c(N)n(C)c(=O)n(C)c1=O. The van der Waals surface area contributed by atoms with Gasteiger partial charge in [0.1, 0.15) is 11.4 Å². The molecular weight excluding hydrogens is 388 g/mol. The normalized spacial score (nSPS) is 17.7. The summed E-state index contributed by atoms with van der Waals surface area (Å²) in [6.07, 6.45) is 5.04. The fourth-order valence-corrected chi connectivity index (χ4v) is 4.10. The number of nitrogens with zero attached hydrogens (tertiary/aromatic N) is 2. The van der Waals surface area contributed by atoms with E-state index in [4.69, 9.17) is 15.2 Å². The summed E-state index contributed by atoms with van der Waals surface area (Å²) in [7, 11) is 2.74. The molecule has 2 aliphatic rings. The zero-order chi connectivity index (χ0) is 21.6. The van der Waals surface area contributed by atoms with Crippen LogP contribution in [0.1, 0.15) is 49.4 Å². The Morgan fingerprint density at radius 2 is 1.77 bits per heavy atom. The van der Waals surface area contributed by atoms with E-state index >= 15 is 0 Å². The predicted molar refractivity (Wildman–Crippen MR) is 112 cm³/mol. The van der Waals surface area contributed by atoms with Crippen LogP contribution < -0.4 is 31.8 Å². The molecule has 1 aliphatic heterocycles. The Morgan fingerprint density at radius 3 is 2.47 bits per heavy atom. The highest BCUT2D eigenvalue weighted by molar-refractivity contribution is 6.04. The maximum Gasteiger partial charge on any atom is 0.332 e. The summed E-state index contributed by atoms with van der Waals surface area (Å²) in [6.45, 7) is 1.64. The van der Waals surface area contributed by atoms with Crippen molar-refractivity contribution in [2.45, 2.75) is 50.9 Å². The van der Waals surface area contributed by atoms with E-state index < -0.39 is 28.9 Å². The topological polar surface area (TPSA) is 118 Å². The zero-order valence-electron chi connectivity index (χ0n) is 17.4. The number of ketones is 1. The van der Waals surface area contributed by atoms with Gasteiger partial charge in [-0.1, -0.05) is 6.42 Å². The third-order valence-electron chi connectivity index (χ3n) is 5.88. The third-order valence-corrected chi connectivity index (χ3v) is 5.88. The number of ether oxygens (including phenoxy) is 2. The number of Topliss-reactive ketones (excluding diaryl/α,β-unsaturated/α-hetero) is 1. The number of benzene rings is 1. The van der Waals surface area contributed by atoms with Gasteiger partial charge in [0.2, 0.25) is 0 Å². The van der Waals surface area contributed by atoms with Crippen LogP contribution in [0.5, 0.6) is 11.5 Å². The molecule has 3 N–H and O–H groups in total. The number of nitrogen functional groups attached to an aromatic ring is 1. The summed E-state index contributed by atoms with van der Waals surface area (Å²) in [6, 6.07) is 4.67. The summed E-state index contributed by atoms with van der Waals surface area (Å²) < 4.78 is 14.2. The Balaban J connectivity index is 1.56. The summed E-state index contributed by atoms with van der Waals surface area (Å²) in [5.74, 6) is 0.115. The summed E-state index contributed by atoms with van der Waals surface area (Å²) >= 11 is 0. The van der Waals surface area contributed by atoms with Gasteiger partial charge < -0.3 is 20.5 Å². The van der Waals surface area contributed by atoms with Crippen molar-refractivity contribution in [1.29, 1.82) is 0 Å². The number of hydrogen-bond acceptors (Lipinski definition) is 7. The lowest BCUT2D eigenvalue weighted by Crippen LogP contribution is -2.43. The van der Waals surface area contributed by atoms with E-state index in [1.54, 1.807) is 19.1 Å². The molecule has 4 rings (SSSR count). The second-order valence-electron chi connectivity index (χ2n) is 8.03.